The predicted octanol–water partition coefficient (Wildman–Crippen LogP) is 10.2. The molecule has 0 saturated heterocycles. The van der Waals surface area contributed by atoms with E-state index < -0.39 is 34.7 Å². The molecule has 14 heteroatoms. The van der Waals surface area contributed by atoms with Gasteiger partial charge in [0.05, 0.1) is 25.3 Å². The van der Waals surface area contributed by atoms with E-state index in [0.717, 1.165) is 37.0 Å². The van der Waals surface area contributed by atoms with Crippen LogP contribution in [0, 0.1) is 10.8 Å². The molecule has 2 saturated carbocycles. The molecule has 5 N–H and O–H groups in total. The van der Waals surface area contributed by atoms with Crippen LogP contribution in [-0.4, -0.2) is 71.6 Å². The van der Waals surface area contributed by atoms with Gasteiger partial charge >= 0.3 is 23.9 Å². The van der Waals surface area contributed by atoms with Crippen molar-refractivity contribution in [3.63, 3.8) is 0 Å². The highest BCUT2D eigenvalue weighted by molar-refractivity contribution is 6.32. The molecule has 3 unspecified atom stereocenters. The van der Waals surface area contributed by atoms with E-state index in [2.05, 4.69) is 41.8 Å². The van der Waals surface area contributed by atoms with Gasteiger partial charge in [-0.2, -0.15) is 0 Å². The van der Waals surface area contributed by atoms with E-state index in [1.54, 1.807) is 14.0 Å². The van der Waals surface area contributed by atoms with E-state index in [4.69, 9.17) is 25.8 Å². The van der Waals surface area contributed by atoms with E-state index >= 15 is 0 Å². The maximum atomic E-state index is 12.2. The van der Waals surface area contributed by atoms with E-state index in [1.165, 1.54) is 61.6 Å². The highest BCUT2D eigenvalue weighted by Crippen LogP contribution is 2.41. The lowest BCUT2D eigenvalue weighted by Gasteiger charge is -2.22. The van der Waals surface area contributed by atoms with Gasteiger partial charge in [-0.3, -0.25) is 19.2 Å². The summed E-state index contributed by atoms with van der Waals surface area (Å²) in [4.78, 5) is 46.8. The third-order valence-corrected chi connectivity index (χ3v) is 12.8. The number of carboxylic acid groups (broad SMARTS) is 3. The number of benzene rings is 3. The molecule has 2 fully saturated rings. The maximum absolute atomic E-state index is 12.2. The van der Waals surface area contributed by atoms with Crippen LogP contribution in [0.4, 0.5) is 0 Å². The summed E-state index contributed by atoms with van der Waals surface area (Å²) in [5.41, 5.74) is 1.69. The maximum Gasteiger partial charge on any atom is 0.323 e. The lowest BCUT2D eigenvalue weighted by atomic mass is 9.86. The Bertz CT molecular complexity index is 1880. The minimum absolute atomic E-state index is 0. The van der Waals surface area contributed by atoms with Crippen LogP contribution < -0.4 is 20.1 Å². The van der Waals surface area contributed by atoms with Gasteiger partial charge in [-0.05, 0) is 124 Å². The SMILES string of the molecule is CCCCCCCCCc1ccc(CNC2CCC(C(=O)O)(C(=O)OCC)C2)cc1.COc1ccc(CCCCOc2ccc(CNC3CCC(C(=O)O)(C(=O)O)C3)cc2)cc1Cl.Cl. The van der Waals surface area contributed by atoms with E-state index in [9.17, 15) is 34.5 Å². The highest BCUT2D eigenvalue weighted by Gasteiger charge is 2.53. The zero-order valence-corrected chi connectivity index (χ0v) is 39.4. The third kappa shape index (κ3) is 16.3. The van der Waals surface area contributed by atoms with Crippen LogP contribution in [-0.2, 0) is 49.8 Å². The Balaban J connectivity index is 0.000000337. The fraction of sp³-hybridized carbons (Fsp3) is 0.560. The summed E-state index contributed by atoms with van der Waals surface area (Å²) in [6.07, 6.45) is 15.3. The molecule has 5 rings (SSSR count). The number of hydrogen-bond donors (Lipinski definition) is 5. The second-order valence-electron chi connectivity index (χ2n) is 17.0. The van der Waals surface area contributed by atoms with Gasteiger partial charge in [-0.25, -0.2) is 0 Å². The summed E-state index contributed by atoms with van der Waals surface area (Å²) in [6.45, 7) is 6.01. The molecule has 3 aromatic rings. The largest absolute Gasteiger partial charge is 0.495 e. The molecule has 2 aliphatic rings. The predicted molar refractivity (Wildman–Crippen MR) is 252 cm³/mol. The molecule has 0 bridgehead atoms. The third-order valence-electron chi connectivity index (χ3n) is 12.5. The second-order valence-corrected chi connectivity index (χ2v) is 17.5. The van der Waals surface area contributed by atoms with Crippen molar-refractivity contribution in [3.05, 3.63) is 94.0 Å². The Morgan fingerprint density at radius 2 is 1.14 bits per heavy atom. The van der Waals surface area contributed by atoms with E-state index in [-0.39, 0.29) is 50.4 Å². The van der Waals surface area contributed by atoms with Gasteiger partial charge in [0.15, 0.2) is 10.8 Å². The first-order valence-corrected chi connectivity index (χ1v) is 23.2. The number of aryl methyl sites for hydroxylation is 2. The molecule has 3 atom stereocenters. The van der Waals surface area contributed by atoms with Gasteiger partial charge in [0, 0.05) is 25.2 Å². The number of aliphatic carboxylic acids is 3. The average Bonchev–Trinajstić information content (AvgIpc) is 3.93. The van der Waals surface area contributed by atoms with Gasteiger partial charge in [-0.15, -0.1) is 12.4 Å². The quantitative estimate of drug-likeness (QED) is 0.0293. The van der Waals surface area contributed by atoms with Gasteiger partial charge in [0.25, 0.3) is 0 Å². The van der Waals surface area contributed by atoms with E-state index in [0.29, 0.717) is 49.7 Å². The molecule has 0 spiro atoms. The number of unbranched alkanes of at least 4 members (excludes halogenated alkanes) is 7. The molecule has 0 aliphatic heterocycles. The number of halogens is 2. The lowest BCUT2D eigenvalue weighted by Crippen LogP contribution is -2.40. The number of rotatable bonds is 26. The number of carboxylic acids is 3. The summed E-state index contributed by atoms with van der Waals surface area (Å²) in [6, 6.07) is 22.1. The summed E-state index contributed by atoms with van der Waals surface area (Å²) < 4.78 is 16.0. The van der Waals surface area contributed by atoms with Crippen molar-refractivity contribution >= 4 is 47.9 Å². The van der Waals surface area contributed by atoms with Crippen molar-refractivity contribution in [1.82, 2.24) is 10.6 Å². The summed E-state index contributed by atoms with van der Waals surface area (Å²) >= 11 is 6.16. The Morgan fingerprint density at radius 3 is 1.67 bits per heavy atom. The number of carbonyl (C=O) groups is 4. The smallest absolute Gasteiger partial charge is 0.323 e. The van der Waals surface area contributed by atoms with Crippen LogP contribution in [0.25, 0.3) is 0 Å². The first kappa shape index (κ1) is 54.0. The summed E-state index contributed by atoms with van der Waals surface area (Å²) in [5.74, 6) is -2.71. The zero-order chi connectivity index (χ0) is 45.7. The molecule has 0 aromatic heterocycles. The first-order valence-electron chi connectivity index (χ1n) is 22.8. The monoisotopic (exact) mass is 928 g/mol. The number of nitrogens with one attached hydrogen (secondary N) is 2. The number of esters is 1. The lowest BCUT2D eigenvalue weighted by molar-refractivity contribution is -0.168. The minimum atomic E-state index is -1.67. The number of ether oxygens (including phenoxy) is 3. The Labute approximate surface area is 390 Å². The Kier molecular flexibility index (Phi) is 23.5. The second kappa shape index (κ2) is 27.8. The Hall–Kier alpha value is -4.36. The van der Waals surface area contributed by atoms with Gasteiger partial charge in [-0.1, -0.05) is 99.5 Å². The molecule has 64 heavy (non-hydrogen) atoms. The van der Waals surface area contributed by atoms with Crippen LogP contribution in [0.1, 0.15) is 132 Å². The van der Waals surface area contributed by atoms with Crippen LogP contribution in [0.2, 0.25) is 5.02 Å². The standard InChI is InChI=1S/C25H30ClNO6.C25H39NO4.ClH/c1-32-22-10-7-17(14-21(22)26)4-2-3-13-33-20-8-5-18(6-9-20)16-27-19-11-12-25(15-19,23(28)29)24(30)31;1-3-5-6-7-8-9-10-11-20-12-14-21(15-13-20)19-26-22-16-17-25(18-22,23(27)28)24(29)30-4-2;/h5-10,14,19,27H,2-4,11-13,15-16H2,1H3,(H,28,29)(H,30,31);12-15,22,26H,3-11,16-19H2,1-2H3,(H,27,28);1H. The fourth-order valence-electron chi connectivity index (χ4n) is 8.48. The van der Waals surface area contributed by atoms with Gasteiger partial charge < -0.3 is 40.2 Å². The molecule has 0 heterocycles. The summed E-state index contributed by atoms with van der Waals surface area (Å²) in [7, 11) is 1.60. The Morgan fingerprint density at radius 1 is 0.656 bits per heavy atom. The molecular formula is C50H70Cl2N2O10. The number of carbonyl (C=O) groups excluding carboxylic acids is 1. The number of hydrogen-bond acceptors (Lipinski definition) is 9. The molecule has 12 nitrogen and oxygen atoms in total. The number of methoxy groups -OCH3 is 1. The van der Waals surface area contributed by atoms with Crippen molar-refractivity contribution < 1.29 is 48.7 Å². The van der Waals surface area contributed by atoms with Crippen molar-refractivity contribution in [1.29, 1.82) is 0 Å². The molecule has 3 aromatic carbocycles. The topological polar surface area (TPSA) is 181 Å². The molecule has 354 valence electrons. The first-order chi connectivity index (χ1) is 30.3. The van der Waals surface area contributed by atoms with Crippen LogP contribution in [0.5, 0.6) is 11.5 Å². The van der Waals surface area contributed by atoms with Crippen molar-refractivity contribution in [2.45, 2.75) is 148 Å². The van der Waals surface area contributed by atoms with Crippen molar-refractivity contribution in [2.24, 2.45) is 10.8 Å². The minimum Gasteiger partial charge on any atom is -0.495 e. The van der Waals surface area contributed by atoms with Crippen molar-refractivity contribution in [3.8, 4) is 11.5 Å². The average molecular weight is 930 g/mol. The fourth-order valence-corrected chi connectivity index (χ4v) is 8.76. The highest BCUT2D eigenvalue weighted by atomic mass is 35.5. The molecule has 0 amide bonds. The molecule has 2 aliphatic carbocycles. The van der Waals surface area contributed by atoms with Crippen LogP contribution in [0.3, 0.4) is 0 Å². The van der Waals surface area contributed by atoms with Gasteiger partial charge in [0.2, 0.25) is 0 Å². The zero-order valence-electron chi connectivity index (χ0n) is 37.8. The van der Waals surface area contributed by atoms with E-state index in [1.807, 2.05) is 42.5 Å². The molecular weight excluding hydrogens is 859 g/mol. The van der Waals surface area contributed by atoms with Crippen LogP contribution >= 0.6 is 24.0 Å². The summed E-state index contributed by atoms with van der Waals surface area (Å²) in [5, 5.41) is 35.6. The van der Waals surface area contributed by atoms with Crippen molar-refractivity contribution in [2.75, 3.05) is 20.3 Å². The van der Waals surface area contributed by atoms with Gasteiger partial charge in [0.1, 0.15) is 11.5 Å². The normalized spacial score (nSPS) is 18.6. The molecule has 0 radical (unpaired) electrons. The van der Waals surface area contributed by atoms with Crippen LogP contribution in [0.15, 0.2) is 66.7 Å².